The lowest BCUT2D eigenvalue weighted by molar-refractivity contribution is -0.135. The van der Waals surface area contributed by atoms with Crippen LogP contribution >= 0.6 is 27.7 Å². The molecule has 39 heavy (non-hydrogen) atoms. The second-order valence-electron chi connectivity index (χ2n) is 9.52. The van der Waals surface area contributed by atoms with Gasteiger partial charge in [-0.05, 0) is 80.6 Å². The lowest BCUT2D eigenvalue weighted by Gasteiger charge is -2.22. The molecule has 2 saturated heterocycles. The summed E-state index contributed by atoms with van der Waals surface area (Å²) in [5.74, 6) is 0.391. The highest BCUT2D eigenvalue weighted by atomic mass is 79.9. The fourth-order valence-electron chi connectivity index (χ4n) is 4.87. The molecule has 0 aliphatic carbocycles. The van der Waals surface area contributed by atoms with Crippen molar-refractivity contribution < 1.29 is 23.9 Å². The van der Waals surface area contributed by atoms with E-state index in [9.17, 15) is 14.4 Å². The Kier molecular flexibility index (Phi) is 8.57. The number of benzene rings is 3. The Morgan fingerprint density at radius 1 is 1.03 bits per heavy atom. The number of carbonyl (C=O) groups excluding carboxylic acids is 3. The number of hydrogen-bond donors (Lipinski definition) is 0. The van der Waals surface area contributed by atoms with Gasteiger partial charge in [-0.3, -0.25) is 19.3 Å². The summed E-state index contributed by atoms with van der Waals surface area (Å²) >= 11 is 4.42. The van der Waals surface area contributed by atoms with Crippen molar-refractivity contribution in [1.29, 1.82) is 0 Å². The molecular formula is C30H29BrN2O5S. The van der Waals surface area contributed by atoms with Crippen LogP contribution in [-0.4, -0.2) is 53.6 Å². The van der Waals surface area contributed by atoms with Crippen LogP contribution in [0.2, 0.25) is 0 Å². The van der Waals surface area contributed by atoms with E-state index < -0.39 is 11.1 Å². The molecule has 3 amide bonds. The van der Waals surface area contributed by atoms with E-state index in [2.05, 4.69) is 34.1 Å². The average molecular weight is 610 g/mol. The number of fused-ring (bicyclic) bond motifs is 1. The van der Waals surface area contributed by atoms with Crippen molar-refractivity contribution in [3.63, 3.8) is 0 Å². The minimum atomic E-state index is -0.459. The summed E-state index contributed by atoms with van der Waals surface area (Å²) in [7, 11) is 1.55. The first-order chi connectivity index (χ1) is 18.9. The molecule has 0 N–H and O–H groups in total. The Bertz CT molecular complexity index is 1440. The van der Waals surface area contributed by atoms with Crippen LogP contribution in [0.15, 0.2) is 64.0 Å². The normalized spacial score (nSPS) is 17.1. The zero-order chi connectivity index (χ0) is 27.4. The molecule has 5 rings (SSSR count). The fraction of sp³-hybridized carbons (Fsp3) is 0.300. The Balaban J connectivity index is 1.31. The smallest absolute Gasteiger partial charge is 0.294 e. The van der Waals surface area contributed by atoms with Crippen LogP contribution in [0, 0.1) is 0 Å². The number of carbonyl (C=O) groups is 3. The molecule has 0 atom stereocenters. The standard InChI is InChI=1S/C30H29BrN2O5S/c1-37-25-16-20(15-24(31)28(25)38-19-22-11-8-10-21-9-4-5-12-23(21)22)17-26-29(35)33(30(36)39-26)18-27(34)32-13-6-2-3-7-14-32/h4-5,8-12,15-17H,2-3,6-7,13-14,18-19H2,1H3. The van der Waals surface area contributed by atoms with E-state index in [1.165, 1.54) is 0 Å². The number of methoxy groups -OCH3 is 1. The van der Waals surface area contributed by atoms with Gasteiger partial charge < -0.3 is 14.4 Å². The van der Waals surface area contributed by atoms with Gasteiger partial charge in [-0.25, -0.2) is 0 Å². The van der Waals surface area contributed by atoms with Gasteiger partial charge in [-0.2, -0.15) is 0 Å². The van der Waals surface area contributed by atoms with Gasteiger partial charge in [0.15, 0.2) is 11.5 Å². The lowest BCUT2D eigenvalue weighted by Crippen LogP contribution is -2.42. The van der Waals surface area contributed by atoms with Crippen molar-refractivity contribution in [2.24, 2.45) is 0 Å². The predicted molar refractivity (Wildman–Crippen MR) is 157 cm³/mol. The Labute approximate surface area is 240 Å². The van der Waals surface area contributed by atoms with E-state index in [1.54, 1.807) is 24.2 Å². The summed E-state index contributed by atoms with van der Waals surface area (Å²) < 4.78 is 12.4. The van der Waals surface area contributed by atoms with Gasteiger partial charge in [0.25, 0.3) is 11.1 Å². The summed E-state index contributed by atoms with van der Waals surface area (Å²) in [6.07, 6.45) is 5.74. The van der Waals surface area contributed by atoms with Gasteiger partial charge in [0.05, 0.1) is 16.5 Å². The molecular weight excluding hydrogens is 580 g/mol. The predicted octanol–water partition coefficient (Wildman–Crippen LogP) is 6.63. The highest BCUT2D eigenvalue weighted by Gasteiger charge is 2.37. The molecule has 9 heteroatoms. The molecule has 2 aliphatic rings. The lowest BCUT2D eigenvalue weighted by atomic mass is 10.1. The molecule has 0 radical (unpaired) electrons. The van der Waals surface area contributed by atoms with Gasteiger partial charge >= 0.3 is 0 Å². The van der Waals surface area contributed by atoms with Crippen molar-refractivity contribution in [2.75, 3.05) is 26.7 Å². The van der Waals surface area contributed by atoms with Crippen LogP contribution in [0.3, 0.4) is 0 Å². The molecule has 0 saturated carbocycles. The molecule has 3 aromatic rings. The molecule has 7 nitrogen and oxygen atoms in total. The number of imide groups is 1. The number of amides is 3. The van der Waals surface area contributed by atoms with Crippen molar-refractivity contribution in [2.45, 2.75) is 32.3 Å². The third-order valence-electron chi connectivity index (χ3n) is 6.93. The van der Waals surface area contributed by atoms with Crippen LogP contribution in [0.25, 0.3) is 16.8 Å². The number of rotatable bonds is 7. The quantitative estimate of drug-likeness (QED) is 0.280. The summed E-state index contributed by atoms with van der Waals surface area (Å²) in [5.41, 5.74) is 1.72. The van der Waals surface area contributed by atoms with E-state index >= 15 is 0 Å². The third-order valence-corrected chi connectivity index (χ3v) is 8.42. The van der Waals surface area contributed by atoms with Crippen molar-refractivity contribution in [3.8, 4) is 11.5 Å². The van der Waals surface area contributed by atoms with Crippen LogP contribution in [-0.2, 0) is 16.2 Å². The maximum absolute atomic E-state index is 13.1. The molecule has 2 aliphatic heterocycles. The topological polar surface area (TPSA) is 76.2 Å². The summed E-state index contributed by atoms with van der Waals surface area (Å²) in [6.45, 7) is 1.47. The first-order valence-corrected chi connectivity index (χ1v) is 14.6. The molecule has 3 aromatic carbocycles. The molecule has 2 fully saturated rings. The average Bonchev–Trinajstić information content (AvgIpc) is 3.12. The van der Waals surface area contributed by atoms with E-state index in [0.717, 1.165) is 58.7 Å². The van der Waals surface area contributed by atoms with Crippen molar-refractivity contribution in [3.05, 3.63) is 75.1 Å². The van der Waals surface area contributed by atoms with Crippen LogP contribution in [0.5, 0.6) is 11.5 Å². The van der Waals surface area contributed by atoms with E-state index in [-0.39, 0.29) is 17.4 Å². The maximum atomic E-state index is 13.1. The molecule has 2 heterocycles. The number of nitrogens with zero attached hydrogens (tertiary/aromatic N) is 2. The second kappa shape index (κ2) is 12.3. The molecule has 0 spiro atoms. The number of thioether (sulfide) groups is 1. The van der Waals surface area contributed by atoms with Crippen LogP contribution in [0.1, 0.15) is 36.8 Å². The summed E-state index contributed by atoms with van der Waals surface area (Å²) in [6, 6.07) is 17.8. The van der Waals surface area contributed by atoms with Crippen molar-refractivity contribution in [1.82, 2.24) is 9.80 Å². The van der Waals surface area contributed by atoms with E-state index in [0.29, 0.717) is 41.2 Å². The van der Waals surface area contributed by atoms with Crippen molar-refractivity contribution >= 4 is 61.6 Å². The van der Waals surface area contributed by atoms with E-state index in [1.807, 2.05) is 30.3 Å². The van der Waals surface area contributed by atoms with Gasteiger partial charge in [0, 0.05) is 13.1 Å². The summed E-state index contributed by atoms with van der Waals surface area (Å²) in [5, 5.41) is 1.83. The first kappa shape index (κ1) is 27.3. The Hall–Kier alpha value is -3.30. The minimum absolute atomic E-state index is 0.183. The summed E-state index contributed by atoms with van der Waals surface area (Å²) in [4.78, 5) is 41.5. The Morgan fingerprint density at radius 2 is 1.77 bits per heavy atom. The second-order valence-corrected chi connectivity index (χ2v) is 11.4. The number of hydrogen-bond acceptors (Lipinski definition) is 6. The zero-order valence-corrected chi connectivity index (χ0v) is 24.1. The fourth-order valence-corrected chi connectivity index (χ4v) is 6.29. The van der Waals surface area contributed by atoms with Gasteiger partial charge in [0.1, 0.15) is 13.2 Å². The SMILES string of the molecule is COc1cc(C=C2SC(=O)N(CC(=O)N3CCCCCC3)C2=O)cc(Br)c1OCc1cccc2ccccc12. The molecule has 0 aromatic heterocycles. The zero-order valence-electron chi connectivity index (χ0n) is 21.7. The highest BCUT2D eigenvalue weighted by Crippen LogP contribution is 2.40. The largest absolute Gasteiger partial charge is 0.493 e. The number of likely N-dealkylation sites (tertiary alicyclic amines) is 1. The van der Waals surface area contributed by atoms with Gasteiger partial charge in [0.2, 0.25) is 5.91 Å². The van der Waals surface area contributed by atoms with E-state index in [4.69, 9.17) is 9.47 Å². The number of ether oxygens (including phenoxy) is 2. The minimum Gasteiger partial charge on any atom is -0.493 e. The van der Waals surface area contributed by atoms with Gasteiger partial charge in [-0.1, -0.05) is 55.3 Å². The molecule has 0 bridgehead atoms. The van der Waals surface area contributed by atoms with Crippen LogP contribution in [0.4, 0.5) is 4.79 Å². The maximum Gasteiger partial charge on any atom is 0.294 e. The Morgan fingerprint density at radius 3 is 2.54 bits per heavy atom. The third kappa shape index (κ3) is 6.15. The molecule has 202 valence electrons. The van der Waals surface area contributed by atoms with Gasteiger partial charge in [-0.15, -0.1) is 0 Å². The highest BCUT2D eigenvalue weighted by molar-refractivity contribution is 9.10. The van der Waals surface area contributed by atoms with Crippen LogP contribution < -0.4 is 9.47 Å². The number of halogens is 1. The molecule has 0 unspecified atom stereocenters. The monoisotopic (exact) mass is 608 g/mol. The first-order valence-electron chi connectivity index (χ1n) is 12.9.